The van der Waals surface area contributed by atoms with Gasteiger partial charge in [-0.05, 0) is 39.0 Å². The quantitative estimate of drug-likeness (QED) is 0.656. The number of aromatic amines is 1. The van der Waals surface area contributed by atoms with Crippen LogP contribution in [0, 0.1) is 0 Å². The first-order valence-corrected chi connectivity index (χ1v) is 7.86. The second-order valence-electron chi connectivity index (χ2n) is 7.28. The van der Waals surface area contributed by atoms with Crippen LogP contribution in [0.4, 0.5) is 26.7 Å². The highest BCUT2D eigenvalue weighted by Crippen LogP contribution is 2.41. The number of rotatable bonds is 0. The third-order valence-electron chi connectivity index (χ3n) is 3.99. The number of aromatic nitrogens is 1. The fraction of sp³-hybridized carbons (Fsp3) is 0.471. The third kappa shape index (κ3) is 3.34. The second kappa shape index (κ2) is 5.59. The number of fused-ring (bicyclic) bond motifs is 3. The van der Waals surface area contributed by atoms with E-state index in [-0.39, 0.29) is 23.0 Å². The van der Waals surface area contributed by atoms with Crippen LogP contribution in [0.1, 0.15) is 37.6 Å². The Morgan fingerprint density at radius 2 is 1.88 bits per heavy atom. The van der Waals surface area contributed by atoms with Crippen molar-refractivity contribution in [1.29, 1.82) is 0 Å². The van der Waals surface area contributed by atoms with Gasteiger partial charge in [-0.2, -0.15) is 22.0 Å². The largest absolute Gasteiger partial charge is 0.444 e. The average molecular weight is 376 g/mol. The molecule has 1 aliphatic heterocycles. The molecule has 3 rings (SSSR count). The van der Waals surface area contributed by atoms with Gasteiger partial charge in [-0.3, -0.25) is 4.90 Å². The Morgan fingerprint density at radius 3 is 2.46 bits per heavy atom. The summed E-state index contributed by atoms with van der Waals surface area (Å²) in [5, 5.41) is 0.0164. The van der Waals surface area contributed by atoms with Crippen LogP contribution in [0.5, 0.6) is 0 Å². The number of carbonyl (C=O) groups excluding carboxylic acids is 1. The predicted molar refractivity (Wildman–Crippen MR) is 83.8 cm³/mol. The maximum Gasteiger partial charge on any atom is 0.416 e. The Hall–Kier alpha value is -2.32. The van der Waals surface area contributed by atoms with Crippen molar-refractivity contribution in [2.45, 2.75) is 45.0 Å². The highest BCUT2D eigenvalue weighted by molar-refractivity contribution is 5.86. The molecule has 0 spiro atoms. The van der Waals surface area contributed by atoms with E-state index in [1.807, 2.05) is 0 Å². The molecule has 0 unspecified atom stereocenters. The molecule has 1 N–H and O–H groups in total. The van der Waals surface area contributed by atoms with Crippen LogP contribution >= 0.6 is 0 Å². The lowest BCUT2D eigenvalue weighted by Gasteiger charge is -2.34. The average Bonchev–Trinajstić information content (AvgIpc) is 2.83. The molecule has 1 aromatic heterocycles. The van der Waals surface area contributed by atoms with Crippen molar-refractivity contribution in [3.63, 3.8) is 0 Å². The molecule has 2 aromatic rings. The number of benzene rings is 1. The second-order valence-corrected chi connectivity index (χ2v) is 7.28. The highest BCUT2D eigenvalue weighted by Gasteiger charge is 2.45. The number of nitrogens with zero attached hydrogens (tertiary/aromatic N) is 1. The standard InChI is InChI=1S/C17H17F5N2O2/c1-15(2,3)26-14(25)24-7-11-10-6-9(17(20,21)22)4-5-12(10)23-13(11)16(18,19)8-24/h4-6,23H,7-8H2,1-3H3. The molecule has 0 aliphatic carbocycles. The topological polar surface area (TPSA) is 45.3 Å². The summed E-state index contributed by atoms with van der Waals surface area (Å²) >= 11 is 0. The highest BCUT2D eigenvalue weighted by atomic mass is 19.4. The molecule has 142 valence electrons. The van der Waals surface area contributed by atoms with E-state index in [2.05, 4.69) is 4.98 Å². The van der Waals surface area contributed by atoms with Gasteiger partial charge in [-0.15, -0.1) is 0 Å². The number of carbonyl (C=O) groups is 1. The molecule has 26 heavy (non-hydrogen) atoms. The summed E-state index contributed by atoms with van der Waals surface area (Å²) in [7, 11) is 0. The van der Waals surface area contributed by atoms with E-state index in [4.69, 9.17) is 4.74 Å². The lowest BCUT2D eigenvalue weighted by Crippen LogP contribution is -2.45. The van der Waals surface area contributed by atoms with Crippen LogP contribution in [-0.4, -0.2) is 28.1 Å². The summed E-state index contributed by atoms with van der Waals surface area (Å²) in [6.45, 7) is 3.62. The maximum atomic E-state index is 14.5. The fourth-order valence-corrected chi connectivity index (χ4v) is 2.92. The van der Waals surface area contributed by atoms with Gasteiger partial charge < -0.3 is 9.72 Å². The molecule has 9 heteroatoms. The minimum absolute atomic E-state index is 0.0164. The van der Waals surface area contributed by atoms with Gasteiger partial charge in [0.15, 0.2) is 0 Å². The van der Waals surface area contributed by atoms with Crippen LogP contribution in [0.2, 0.25) is 0 Å². The molecule has 2 heterocycles. The molecule has 1 aliphatic rings. The fourth-order valence-electron chi connectivity index (χ4n) is 2.92. The summed E-state index contributed by atoms with van der Waals surface area (Å²) in [6, 6.07) is 2.76. The molecule has 0 atom stereocenters. The molecule has 1 aromatic carbocycles. The lowest BCUT2D eigenvalue weighted by atomic mass is 10.0. The zero-order valence-electron chi connectivity index (χ0n) is 14.3. The van der Waals surface area contributed by atoms with Gasteiger partial charge in [0, 0.05) is 16.5 Å². The summed E-state index contributed by atoms with van der Waals surface area (Å²) in [5.41, 5.74) is -2.16. The number of halogens is 5. The van der Waals surface area contributed by atoms with Gasteiger partial charge in [0.2, 0.25) is 0 Å². The van der Waals surface area contributed by atoms with Crippen molar-refractivity contribution in [3.8, 4) is 0 Å². The number of ether oxygens (including phenoxy) is 1. The Bertz CT molecular complexity index is 864. The number of H-pyrrole nitrogens is 1. The lowest BCUT2D eigenvalue weighted by molar-refractivity contribution is -0.137. The van der Waals surface area contributed by atoms with Gasteiger partial charge in [0.05, 0.1) is 24.3 Å². The van der Waals surface area contributed by atoms with Gasteiger partial charge in [-0.1, -0.05) is 0 Å². The van der Waals surface area contributed by atoms with Gasteiger partial charge in [0.25, 0.3) is 0 Å². The van der Waals surface area contributed by atoms with E-state index in [1.165, 1.54) is 0 Å². The third-order valence-corrected chi connectivity index (χ3v) is 3.99. The Balaban J connectivity index is 2.06. The number of amides is 1. The monoisotopic (exact) mass is 376 g/mol. The molecule has 0 saturated carbocycles. The van der Waals surface area contributed by atoms with Crippen molar-refractivity contribution in [2.75, 3.05) is 6.54 Å². The van der Waals surface area contributed by atoms with E-state index in [1.54, 1.807) is 20.8 Å². The zero-order chi connectivity index (χ0) is 19.5. The molecule has 0 radical (unpaired) electrons. The van der Waals surface area contributed by atoms with Crippen LogP contribution in [-0.2, 0) is 23.4 Å². The molecule has 4 nitrogen and oxygen atoms in total. The van der Waals surface area contributed by atoms with Gasteiger partial charge in [-0.25, -0.2) is 4.79 Å². The minimum Gasteiger partial charge on any atom is -0.444 e. The first-order valence-electron chi connectivity index (χ1n) is 7.86. The van der Waals surface area contributed by atoms with Crippen LogP contribution in [0.15, 0.2) is 18.2 Å². The van der Waals surface area contributed by atoms with Crippen molar-refractivity contribution in [2.24, 2.45) is 0 Å². The smallest absolute Gasteiger partial charge is 0.416 e. The van der Waals surface area contributed by atoms with E-state index >= 15 is 0 Å². The molecule has 0 saturated heterocycles. The van der Waals surface area contributed by atoms with Gasteiger partial charge in [0.1, 0.15) is 5.60 Å². The molecular formula is C17H17F5N2O2. The van der Waals surface area contributed by atoms with Crippen molar-refractivity contribution in [1.82, 2.24) is 9.88 Å². The van der Waals surface area contributed by atoms with Crippen molar-refractivity contribution in [3.05, 3.63) is 35.0 Å². The van der Waals surface area contributed by atoms with Crippen molar-refractivity contribution < 1.29 is 31.5 Å². The zero-order valence-corrected chi connectivity index (χ0v) is 14.3. The van der Waals surface area contributed by atoms with E-state index < -0.39 is 41.6 Å². The van der Waals surface area contributed by atoms with Crippen LogP contribution < -0.4 is 0 Å². The number of hydrogen-bond donors (Lipinski definition) is 1. The number of nitrogens with one attached hydrogen (secondary N) is 1. The first-order chi connectivity index (χ1) is 11.8. The predicted octanol–water partition coefficient (Wildman–Crippen LogP) is 5.03. The molecule has 0 fully saturated rings. The maximum absolute atomic E-state index is 14.5. The SMILES string of the molecule is CC(C)(C)OC(=O)N1Cc2c([nH]c3ccc(C(F)(F)F)cc23)C(F)(F)C1. The Kier molecular flexibility index (Phi) is 3.97. The molecular weight excluding hydrogens is 359 g/mol. The summed E-state index contributed by atoms with van der Waals surface area (Å²) in [4.78, 5) is 15.5. The molecule has 0 bridgehead atoms. The number of hydrogen-bond acceptors (Lipinski definition) is 2. The minimum atomic E-state index is -4.60. The Morgan fingerprint density at radius 1 is 1.23 bits per heavy atom. The first kappa shape index (κ1) is 18.5. The van der Waals surface area contributed by atoms with E-state index in [9.17, 15) is 26.7 Å². The Labute approximate surface area is 145 Å². The van der Waals surface area contributed by atoms with Gasteiger partial charge >= 0.3 is 18.2 Å². The number of alkyl halides is 5. The summed E-state index contributed by atoms with van der Waals surface area (Å²) < 4.78 is 73.0. The van der Waals surface area contributed by atoms with Crippen LogP contribution in [0.25, 0.3) is 10.9 Å². The van der Waals surface area contributed by atoms with Crippen LogP contribution in [0.3, 0.4) is 0 Å². The summed E-state index contributed by atoms with van der Waals surface area (Å²) in [6.07, 6.45) is -5.54. The van der Waals surface area contributed by atoms with Crippen molar-refractivity contribution >= 4 is 17.0 Å². The van der Waals surface area contributed by atoms with E-state index in [0.717, 1.165) is 23.1 Å². The summed E-state index contributed by atoms with van der Waals surface area (Å²) in [5.74, 6) is -3.43. The van der Waals surface area contributed by atoms with E-state index in [0.29, 0.717) is 0 Å². The normalized spacial score (nSPS) is 17.3. The molecule has 1 amide bonds.